The Bertz CT molecular complexity index is 214. The van der Waals surface area contributed by atoms with Crippen molar-refractivity contribution in [2.75, 3.05) is 12.5 Å². The summed E-state index contributed by atoms with van der Waals surface area (Å²) in [6.45, 7) is 5.69. The quantitative estimate of drug-likeness (QED) is 0.568. The van der Waals surface area contributed by atoms with Crippen LogP contribution in [0.15, 0.2) is 24.5 Å². The van der Waals surface area contributed by atoms with Gasteiger partial charge in [-0.1, -0.05) is 13.8 Å². The fourth-order valence-electron chi connectivity index (χ4n) is 0.813. The summed E-state index contributed by atoms with van der Waals surface area (Å²) in [6, 6.07) is 3.94. The maximum Gasteiger partial charge on any atom is 0.0717 e. The second-order valence-electron chi connectivity index (χ2n) is 3.10. The lowest BCUT2D eigenvalue weighted by molar-refractivity contribution is 0.121. The van der Waals surface area contributed by atoms with Crippen LogP contribution < -0.4 is 0 Å². The first-order chi connectivity index (χ1) is 7.35. The van der Waals surface area contributed by atoms with Crippen LogP contribution in [-0.4, -0.2) is 17.5 Å². The molecule has 1 aromatic rings. The first kappa shape index (κ1) is 14.4. The van der Waals surface area contributed by atoms with Gasteiger partial charge in [0.15, 0.2) is 0 Å². The van der Waals surface area contributed by atoms with Crippen molar-refractivity contribution in [1.29, 1.82) is 0 Å². The van der Waals surface area contributed by atoms with Crippen LogP contribution in [0.5, 0.6) is 0 Å². The molecule has 0 fully saturated rings. The average molecular weight is 230 g/mol. The molecule has 0 saturated carbocycles. The molecule has 0 bridgehead atoms. The van der Waals surface area contributed by atoms with Gasteiger partial charge in [-0.15, -0.1) is 11.6 Å². The zero-order valence-electron chi connectivity index (χ0n) is 9.58. The molecule has 1 rings (SSSR count). The van der Waals surface area contributed by atoms with Crippen molar-refractivity contribution in [1.82, 2.24) is 4.98 Å². The first-order valence-corrected chi connectivity index (χ1v) is 5.91. The minimum Gasteiger partial charge on any atom is -0.377 e. The van der Waals surface area contributed by atoms with Gasteiger partial charge in [0.05, 0.1) is 6.61 Å². The Morgan fingerprint density at radius 1 is 1.20 bits per heavy atom. The summed E-state index contributed by atoms with van der Waals surface area (Å²) in [4.78, 5) is 3.92. The fourth-order valence-corrected chi connectivity index (χ4v) is 0.813. The SMILES string of the molecule is CCCCl.CCCOCc1ccncc1. The second kappa shape index (κ2) is 11.5. The van der Waals surface area contributed by atoms with Gasteiger partial charge in [0.25, 0.3) is 0 Å². The van der Waals surface area contributed by atoms with Crippen molar-refractivity contribution in [3.8, 4) is 0 Å². The van der Waals surface area contributed by atoms with Crippen molar-refractivity contribution in [3.05, 3.63) is 30.1 Å². The number of pyridine rings is 1. The van der Waals surface area contributed by atoms with E-state index in [1.165, 1.54) is 5.56 Å². The van der Waals surface area contributed by atoms with E-state index in [1.807, 2.05) is 19.1 Å². The number of alkyl halides is 1. The highest BCUT2D eigenvalue weighted by Gasteiger charge is 1.89. The van der Waals surface area contributed by atoms with Crippen LogP contribution in [0.3, 0.4) is 0 Å². The smallest absolute Gasteiger partial charge is 0.0717 e. The topological polar surface area (TPSA) is 22.1 Å². The van der Waals surface area contributed by atoms with Crippen molar-refractivity contribution >= 4 is 11.6 Å². The van der Waals surface area contributed by atoms with E-state index in [9.17, 15) is 0 Å². The third kappa shape index (κ3) is 9.70. The zero-order valence-corrected chi connectivity index (χ0v) is 10.3. The van der Waals surface area contributed by atoms with Crippen molar-refractivity contribution in [3.63, 3.8) is 0 Å². The molecule has 0 amide bonds. The molecule has 0 aliphatic heterocycles. The van der Waals surface area contributed by atoms with Gasteiger partial charge in [-0.2, -0.15) is 0 Å². The maximum atomic E-state index is 5.34. The predicted molar refractivity (Wildman–Crippen MR) is 65.2 cm³/mol. The molecule has 0 atom stereocenters. The lowest BCUT2D eigenvalue weighted by Crippen LogP contribution is -1.93. The summed E-state index contributed by atoms with van der Waals surface area (Å²) >= 11 is 5.19. The molecule has 0 unspecified atom stereocenters. The Hall–Kier alpha value is -0.600. The summed E-state index contributed by atoms with van der Waals surface area (Å²) in [5, 5.41) is 0. The summed E-state index contributed by atoms with van der Waals surface area (Å²) < 4.78 is 5.34. The van der Waals surface area contributed by atoms with Crippen LogP contribution >= 0.6 is 11.6 Å². The number of aromatic nitrogens is 1. The Morgan fingerprint density at radius 3 is 2.27 bits per heavy atom. The lowest BCUT2D eigenvalue weighted by Gasteiger charge is -2.00. The van der Waals surface area contributed by atoms with Crippen LogP contribution in [0.4, 0.5) is 0 Å². The highest BCUT2D eigenvalue weighted by Crippen LogP contribution is 1.98. The molecule has 0 aromatic carbocycles. The number of ether oxygens (including phenoxy) is 1. The maximum absolute atomic E-state index is 5.34. The van der Waals surface area contributed by atoms with Crippen molar-refractivity contribution in [2.24, 2.45) is 0 Å². The molecule has 0 aliphatic rings. The van der Waals surface area contributed by atoms with Crippen molar-refractivity contribution < 1.29 is 4.74 Å². The van der Waals surface area contributed by atoms with Gasteiger partial charge < -0.3 is 4.74 Å². The predicted octanol–water partition coefficient (Wildman–Crippen LogP) is 3.64. The fraction of sp³-hybridized carbons (Fsp3) is 0.583. The second-order valence-corrected chi connectivity index (χ2v) is 3.47. The summed E-state index contributed by atoms with van der Waals surface area (Å²) in [5.74, 6) is 0.792. The highest BCUT2D eigenvalue weighted by molar-refractivity contribution is 6.17. The molecule has 15 heavy (non-hydrogen) atoms. The summed E-state index contributed by atoms with van der Waals surface area (Å²) in [6.07, 6.45) is 5.72. The molecule has 0 spiro atoms. The molecule has 0 aliphatic carbocycles. The Labute approximate surface area is 97.6 Å². The number of halogens is 1. The van der Waals surface area contributed by atoms with E-state index in [4.69, 9.17) is 16.3 Å². The first-order valence-electron chi connectivity index (χ1n) is 5.37. The number of hydrogen-bond acceptors (Lipinski definition) is 2. The standard InChI is InChI=1S/C9H13NO.C3H7Cl/c1-2-7-11-8-9-3-5-10-6-4-9;1-2-3-4/h3-6H,2,7-8H2,1H3;2-3H2,1H3. The molecule has 3 heteroatoms. The molecule has 0 saturated heterocycles. The minimum absolute atomic E-state index is 0.705. The Kier molecular flexibility index (Phi) is 11.0. The number of hydrogen-bond donors (Lipinski definition) is 0. The number of nitrogens with zero attached hydrogens (tertiary/aromatic N) is 1. The van der Waals surface area contributed by atoms with Crippen LogP contribution in [0.25, 0.3) is 0 Å². The number of rotatable bonds is 5. The van der Waals surface area contributed by atoms with Crippen LogP contribution in [0, 0.1) is 0 Å². The van der Waals surface area contributed by atoms with Crippen LogP contribution in [0.2, 0.25) is 0 Å². The van der Waals surface area contributed by atoms with E-state index in [0.29, 0.717) is 6.61 Å². The van der Waals surface area contributed by atoms with Gasteiger partial charge in [-0.3, -0.25) is 4.98 Å². The summed E-state index contributed by atoms with van der Waals surface area (Å²) in [7, 11) is 0. The van der Waals surface area contributed by atoms with Gasteiger partial charge in [0.2, 0.25) is 0 Å². The molecular formula is C12H20ClNO. The van der Waals surface area contributed by atoms with E-state index >= 15 is 0 Å². The third-order valence-electron chi connectivity index (χ3n) is 1.56. The van der Waals surface area contributed by atoms with Crippen LogP contribution in [-0.2, 0) is 11.3 Å². The van der Waals surface area contributed by atoms with Crippen molar-refractivity contribution in [2.45, 2.75) is 33.3 Å². The Balaban J connectivity index is 0.000000423. The molecule has 1 aromatic heterocycles. The van der Waals surface area contributed by atoms with E-state index in [2.05, 4.69) is 11.9 Å². The van der Waals surface area contributed by atoms with Crippen LogP contribution in [0.1, 0.15) is 32.3 Å². The van der Waals surface area contributed by atoms with E-state index in [0.717, 1.165) is 25.3 Å². The van der Waals surface area contributed by atoms with Gasteiger partial charge in [0.1, 0.15) is 0 Å². The molecule has 86 valence electrons. The summed E-state index contributed by atoms with van der Waals surface area (Å²) in [5.41, 5.74) is 1.19. The average Bonchev–Trinajstić information content (AvgIpc) is 2.31. The highest BCUT2D eigenvalue weighted by atomic mass is 35.5. The van der Waals surface area contributed by atoms with E-state index < -0.39 is 0 Å². The normalized spacial score (nSPS) is 9.27. The lowest BCUT2D eigenvalue weighted by atomic mass is 10.3. The molecular weight excluding hydrogens is 210 g/mol. The molecule has 1 heterocycles. The largest absolute Gasteiger partial charge is 0.377 e. The van der Waals surface area contributed by atoms with Gasteiger partial charge in [-0.05, 0) is 30.5 Å². The van der Waals surface area contributed by atoms with E-state index in [1.54, 1.807) is 12.4 Å². The van der Waals surface area contributed by atoms with Gasteiger partial charge >= 0.3 is 0 Å². The van der Waals surface area contributed by atoms with Gasteiger partial charge in [-0.25, -0.2) is 0 Å². The monoisotopic (exact) mass is 229 g/mol. The van der Waals surface area contributed by atoms with Gasteiger partial charge in [0, 0.05) is 24.9 Å². The minimum atomic E-state index is 0.705. The molecule has 2 nitrogen and oxygen atoms in total. The third-order valence-corrected chi connectivity index (χ3v) is 1.93. The molecule has 0 radical (unpaired) electrons. The Morgan fingerprint density at radius 2 is 1.80 bits per heavy atom. The zero-order chi connectivity index (χ0) is 11.4. The van der Waals surface area contributed by atoms with E-state index in [-0.39, 0.29) is 0 Å². The molecule has 0 N–H and O–H groups in total.